The Morgan fingerprint density at radius 1 is 1.05 bits per heavy atom. The second-order valence-electron chi connectivity index (χ2n) is 9.64. The Kier molecular flexibility index (Phi) is 11.1. The van der Waals surface area contributed by atoms with E-state index in [1.54, 1.807) is 30.3 Å². The van der Waals surface area contributed by atoms with Gasteiger partial charge in [0, 0.05) is 32.0 Å². The largest absolute Gasteiger partial charge is 0.497 e. The summed E-state index contributed by atoms with van der Waals surface area (Å²) in [5.41, 5.74) is 1.87. The minimum absolute atomic E-state index is 0.0550. The second-order valence-corrected chi connectivity index (χ2v) is 11.6. The monoisotopic (exact) mass is 598 g/mol. The van der Waals surface area contributed by atoms with Crippen LogP contribution in [0.2, 0.25) is 0 Å². The number of amides is 1. The lowest BCUT2D eigenvalue weighted by atomic mass is 9.93. The van der Waals surface area contributed by atoms with Gasteiger partial charge in [0.05, 0.1) is 25.2 Å². The van der Waals surface area contributed by atoms with Crippen LogP contribution in [0.15, 0.2) is 95.6 Å². The lowest BCUT2D eigenvalue weighted by Gasteiger charge is -2.30. The van der Waals surface area contributed by atoms with Gasteiger partial charge >= 0.3 is 0 Å². The summed E-state index contributed by atoms with van der Waals surface area (Å²) in [6.07, 6.45) is 1.80. The van der Waals surface area contributed by atoms with Crippen LogP contribution in [0.4, 0.5) is 4.39 Å². The molecule has 0 spiro atoms. The molecule has 1 aliphatic heterocycles. The van der Waals surface area contributed by atoms with E-state index in [1.807, 2.05) is 30.3 Å². The van der Waals surface area contributed by atoms with Gasteiger partial charge in [-0.2, -0.15) is 4.31 Å². The molecule has 2 atom stereocenters. The molecule has 42 heavy (non-hydrogen) atoms. The number of sulfonamides is 1. The van der Waals surface area contributed by atoms with E-state index in [2.05, 4.69) is 5.32 Å². The maximum Gasteiger partial charge on any atom is 0.286 e. The van der Waals surface area contributed by atoms with Crippen molar-refractivity contribution in [3.8, 4) is 5.75 Å². The quantitative estimate of drug-likeness (QED) is 0.292. The Balaban J connectivity index is 1.42. The minimum Gasteiger partial charge on any atom is -0.497 e. The molecule has 3 aromatic carbocycles. The van der Waals surface area contributed by atoms with E-state index in [0.29, 0.717) is 25.1 Å². The van der Waals surface area contributed by atoms with Crippen molar-refractivity contribution >= 4 is 15.9 Å². The Morgan fingerprint density at radius 2 is 1.76 bits per heavy atom. The molecule has 9 nitrogen and oxygen atoms in total. The molecule has 0 aromatic heterocycles. The van der Waals surface area contributed by atoms with E-state index < -0.39 is 22.2 Å². The first-order valence-electron chi connectivity index (χ1n) is 13.6. The number of carbonyl (C=O) groups is 1. The highest BCUT2D eigenvalue weighted by atomic mass is 32.2. The highest BCUT2D eigenvalue weighted by Gasteiger charge is 2.30. The summed E-state index contributed by atoms with van der Waals surface area (Å²) >= 11 is 0. The standard InChI is InChI=1S/C31H35FN2O7S/c1-39-27-11-13-28(14-12-27)42(37,38)34(17-19-35)18-20-40-30-22-25(24-7-9-26(32)10-8-24)21-29(41-30)31(36)33-16-15-23-5-3-2-4-6-23/h2-14,21,25,30,35H,15-20,22H2,1H3,(H,33,36)/t25-,30+/m1/s1. The van der Waals surface area contributed by atoms with Crippen LogP contribution in [0, 0.1) is 5.82 Å². The molecule has 1 heterocycles. The maximum absolute atomic E-state index is 13.6. The molecule has 2 N–H and O–H groups in total. The zero-order valence-electron chi connectivity index (χ0n) is 23.3. The first kappa shape index (κ1) is 31.2. The molecule has 0 saturated carbocycles. The fourth-order valence-corrected chi connectivity index (χ4v) is 5.97. The second kappa shape index (κ2) is 14.9. The van der Waals surface area contributed by atoms with Gasteiger partial charge in [0.15, 0.2) is 5.76 Å². The number of rotatable bonds is 14. The fraction of sp³-hybridized carbons (Fsp3) is 0.323. The normalized spacial score (nSPS) is 16.9. The molecule has 0 saturated heterocycles. The van der Waals surface area contributed by atoms with Gasteiger partial charge in [-0.15, -0.1) is 0 Å². The summed E-state index contributed by atoms with van der Waals surface area (Å²) in [6, 6.07) is 21.7. The van der Waals surface area contributed by atoms with Crippen molar-refractivity contribution in [2.24, 2.45) is 0 Å². The number of carbonyl (C=O) groups excluding carboxylic acids is 1. The Morgan fingerprint density at radius 3 is 2.43 bits per heavy atom. The molecular weight excluding hydrogens is 563 g/mol. The Hall–Kier alpha value is -3.77. The Labute approximate surface area is 245 Å². The lowest BCUT2D eigenvalue weighted by Crippen LogP contribution is -2.38. The molecule has 1 amide bonds. The number of benzene rings is 3. The van der Waals surface area contributed by atoms with Crippen molar-refractivity contribution in [2.75, 3.05) is 40.0 Å². The average molecular weight is 599 g/mol. The number of nitrogens with zero attached hydrogens (tertiary/aromatic N) is 1. The summed E-state index contributed by atoms with van der Waals surface area (Å²) in [6.45, 7) is -0.221. The number of halogens is 1. The predicted octanol–water partition coefficient (Wildman–Crippen LogP) is 3.61. The van der Waals surface area contributed by atoms with Gasteiger partial charge in [0.1, 0.15) is 11.6 Å². The first-order valence-corrected chi connectivity index (χ1v) is 15.1. The van der Waals surface area contributed by atoms with Crippen molar-refractivity contribution in [2.45, 2.75) is 29.9 Å². The first-order chi connectivity index (χ1) is 20.3. The van der Waals surface area contributed by atoms with Gasteiger partial charge in [0.25, 0.3) is 5.91 Å². The number of aliphatic hydroxyl groups is 1. The summed E-state index contributed by atoms with van der Waals surface area (Å²) < 4.78 is 58.0. The summed E-state index contributed by atoms with van der Waals surface area (Å²) in [5, 5.41) is 12.4. The molecule has 0 bridgehead atoms. The average Bonchev–Trinajstić information content (AvgIpc) is 3.01. The maximum atomic E-state index is 13.6. The van der Waals surface area contributed by atoms with Gasteiger partial charge in [-0.1, -0.05) is 42.5 Å². The smallest absolute Gasteiger partial charge is 0.286 e. The van der Waals surface area contributed by atoms with Gasteiger partial charge < -0.3 is 24.6 Å². The number of methoxy groups -OCH3 is 1. The van der Waals surface area contributed by atoms with E-state index >= 15 is 0 Å². The third-order valence-electron chi connectivity index (χ3n) is 6.81. The number of hydrogen-bond acceptors (Lipinski definition) is 7. The van der Waals surface area contributed by atoms with E-state index in [9.17, 15) is 22.7 Å². The van der Waals surface area contributed by atoms with Crippen LogP contribution in [0.3, 0.4) is 0 Å². The summed E-state index contributed by atoms with van der Waals surface area (Å²) in [5.74, 6) is -0.481. The highest BCUT2D eigenvalue weighted by Crippen LogP contribution is 2.31. The van der Waals surface area contributed by atoms with Crippen LogP contribution in [0.1, 0.15) is 23.5 Å². The topological polar surface area (TPSA) is 114 Å². The molecule has 224 valence electrons. The van der Waals surface area contributed by atoms with Crippen LogP contribution >= 0.6 is 0 Å². The van der Waals surface area contributed by atoms with E-state index in [-0.39, 0.29) is 48.7 Å². The van der Waals surface area contributed by atoms with Crippen molar-refractivity contribution < 1.29 is 36.9 Å². The van der Waals surface area contributed by atoms with Crippen LogP contribution < -0.4 is 10.1 Å². The number of ether oxygens (including phenoxy) is 3. The van der Waals surface area contributed by atoms with Gasteiger partial charge in [-0.05, 0) is 60.0 Å². The molecule has 3 aromatic rings. The van der Waals surface area contributed by atoms with Crippen LogP contribution in [-0.2, 0) is 30.7 Å². The summed E-state index contributed by atoms with van der Waals surface area (Å²) in [7, 11) is -2.43. The van der Waals surface area contributed by atoms with Crippen molar-refractivity contribution in [3.05, 3.63) is 108 Å². The number of nitrogens with one attached hydrogen (secondary N) is 1. The van der Waals surface area contributed by atoms with Crippen molar-refractivity contribution in [1.29, 1.82) is 0 Å². The molecule has 1 aliphatic rings. The van der Waals surface area contributed by atoms with Crippen molar-refractivity contribution in [3.63, 3.8) is 0 Å². The van der Waals surface area contributed by atoms with Gasteiger partial charge in [0.2, 0.25) is 16.3 Å². The SMILES string of the molecule is COc1ccc(S(=O)(=O)N(CCO)CCO[C@@H]2C[C@H](c3ccc(F)cc3)C=C(C(=O)NCCc3ccccc3)O2)cc1. The number of allylic oxidation sites excluding steroid dienone is 1. The van der Waals surface area contributed by atoms with Crippen LogP contribution in [0.5, 0.6) is 5.75 Å². The minimum atomic E-state index is -3.92. The third kappa shape index (κ3) is 8.39. The molecule has 11 heteroatoms. The molecular formula is C31H35FN2O7S. The number of aliphatic hydroxyl groups excluding tert-OH is 1. The molecule has 0 unspecified atom stereocenters. The molecule has 4 rings (SSSR count). The van der Waals surface area contributed by atoms with Gasteiger partial charge in [-0.3, -0.25) is 4.79 Å². The zero-order chi connectivity index (χ0) is 30.0. The third-order valence-corrected chi connectivity index (χ3v) is 8.73. The molecule has 0 radical (unpaired) electrons. The highest BCUT2D eigenvalue weighted by molar-refractivity contribution is 7.89. The van der Waals surface area contributed by atoms with Crippen LogP contribution in [0.25, 0.3) is 0 Å². The van der Waals surface area contributed by atoms with E-state index in [4.69, 9.17) is 14.2 Å². The number of hydrogen-bond donors (Lipinski definition) is 2. The van der Waals surface area contributed by atoms with E-state index in [0.717, 1.165) is 15.4 Å². The van der Waals surface area contributed by atoms with E-state index in [1.165, 1.54) is 31.4 Å². The molecule has 0 fully saturated rings. The zero-order valence-corrected chi connectivity index (χ0v) is 24.1. The Bertz CT molecular complexity index is 1430. The predicted molar refractivity (Wildman–Crippen MR) is 155 cm³/mol. The van der Waals surface area contributed by atoms with Gasteiger partial charge in [-0.25, -0.2) is 12.8 Å². The van der Waals surface area contributed by atoms with Crippen molar-refractivity contribution in [1.82, 2.24) is 9.62 Å². The lowest BCUT2D eigenvalue weighted by molar-refractivity contribution is -0.146. The summed E-state index contributed by atoms with van der Waals surface area (Å²) in [4.78, 5) is 13.1. The van der Waals surface area contributed by atoms with Crippen LogP contribution in [-0.4, -0.2) is 70.0 Å². The fourth-order valence-electron chi connectivity index (χ4n) is 4.56. The molecule has 0 aliphatic carbocycles.